The molecule has 1 fully saturated rings. The molecule has 2 heteroatoms. The highest BCUT2D eigenvalue weighted by Gasteiger charge is 2.21. The highest BCUT2D eigenvalue weighted by molar-refractivity contribution is 5.81. The minimum absolute atomic E-state index is 0.247. The molecule has 13 heavy (non-hydrogen) atoms. The van der Waals surface area contributed by atoms with Crippen molar-refractivity contribution < 1.29 is 4.79 Å². The largest absolute Gasteiger partial charge is 0.328 e. The standard InChI is InChI=1S/C11H21NO/c1-9(12)5-4-8-11(13)10-6-2-3-7-10/h9-10H,2-8,12H2,1H3. The van der Waals surface area contributed by atoms with Crippen molar-refractivity contribution >= 4 is 5.78 Å². The van der Waals surface area contributed by atoms with Crippen LogP contribution in [0.1, 0.15) is 51.9 Å². The van der Waals surface area contributed by atoms with Crippen molar-refractivity contribution in [1.29, 1.82) is 0 Å². The van der Waals surface area contributed by atoms with Crippen molar-refractivity contribution in [2.75, 3.05) is 0 Å². The van der Waals surface area contributed by atoms with Crippen molar-refractivity contribution in [1.82, 2.24) is 0 Å². The third-order valence-electron chi connectivity index (χ3n) is 2.89. The molecule has 1 rings (SSSR count). The van der Waals surface area contributed by atoms with Gasteiger partial charge in [-0.2, -0.15) is 0 Å². The minimum Gasteiger partial charge on any atom is -0.328 e. The van der Waals surface area contributed by atoms with Crippen LogP contribution in [0, 0.1) is 5.92 Å². The summed E-state index contributed by atoms with van der Waals surface area (Å²) in [5.41, 5.74) is 5.62. The van der Waals surface area contributed by atoms with Crippen LogP contribution in [-0.4, -0.2) is 11.8 Å². The molecule has 1 aliphatic rings. The summed E-state index contributed by atoms with van der Waals surface area (Å²) in [6, 6.07) is 0.247. The Morgan fingerprint density at radius 3 is 2.62 bits per heavy atom. The van der Waals surface area contributed by atoms with Gasteiger partial charge in [0.25, 0.3) is 0 Å². The molecular formula is C11H21NO. The molecule has 1 saturated carbocycles. The summed E-state index contributed by atoms with van der Waals surface area (Å²) in [5, 5.41) is 0. The number of ketones is 1. The molecule has 0 spiro atoms. The first kappa shape index (κ1) is 10.7. The normalized spacial score (nSPS) is 20.5. The van der Waals surface area contributed by atoms with Gasteiger partial charge in [0.2, 0.25) is 0 Å². The van der Waals surface area contributed by atoms with E-state index in [0.717, 1.165) is 32.1 Å². The van der Waals surface area contributed by atoms with Crippen molar-refractivity contribution in [2.45, 2.75) is 57.9 Å². The predicted octanol–water partition coefficient (Wildman–Crippen LogP) is 2.26. The van der Waals surface area contributed by atoms with Gasteiger partial charge in [0.1, 0.15) is 5.78 Å². The van der Waals surface area contributed by atoms with E-state index in [0.29, 0.717) is 11.7 Å². The lowest BCUT2D eigenvalue weighted by molar-refractivity contribution is -0.122. The SMILES string of the molecule is CC(N)CCCC(=O)C1CCCC1. The molecule has 0 radical (unpaired) electrons. The Labute approximate surface area is 80.9 Å². The molecule has 0 aromatic rings. The molecule has 1 aliphatic carbocycles. The zero-order valence-corrected chi connectivity index (χ0v) is 8.59. The number of Topliss-reactive ketones (excluding diaryl/α,β-unsaturated/α-hetero) is 1. The second-order valence-electron chi connectivity index (χ2n) is 4.32. The quantitative estimate of drug-likeness (QED) is 0.710. The smallest absolute Gasteiger partial charge is 0.135 e. The Morgan fingerprint density at radius 1 is 1.46 bits per heavy atom. The highest BCUT2D eigenvalue weighted by atomic mass is 16.1. The van der Waals surface area contributed by atoms with Gasteiger partial charge in [0.05, 0.1) is 0 Å². The molecule has 0 bridgehead atoms. The molecule has 1 atom stereocenters. The fraction of sp³-hybridized carbons (Fsp3) is 0.909. The Balaban J connectivity index is 2.10. The highest BCUT2D eigenvalue weighted by Crippen LogP contribution is 2.26. The lowest BCUT2D eigenvalue weighted by atomic mass is 9.97. The second-order valence-corrected chi connectivity index (χ2v) is 4.32. The van der Waals surface area contributed by atoms with Crippen molar-refractivity contribution in [3.8, 4) is 0 Å². The second kappa shape index (κ2) is 5.38. The van der Waals surface area contributed by atoms with E-state index in [1.165, 1.54) is 12.8 Å². The number of carbonyl (C=O) groups excluding carboxylic acids is 1. The van der Waals surface area contributed by atoms with Crippen molar-refractivity contribution in [3.63, 3.8) is 0 Å². The Kier molecular flexibility index (Phi) is 4.43. The van der Waals surface area contributed by atoms with Gasteiger partial charge in [-0.3, -0.25) is 4.79 Å². The van der Waals surface area contributed by atoms with E-state index in [4.69, 9.17) is 5.73 Å². The maximum atomic E-state index is 11.6. The van der Waals surface area contributed by atoms with Gasteiger partial charge < -0.3 is 5.73 Å². The van der Waals surface area contributed by atoms with Crippen LogP contribution in [0.15, 0.2) is 0 Å². The van der Waals surface area contributed by atoms with E-state index >= 15 is 0 Å². The number of hydrogen-bond acceptors (Lipinski definition) is 2. The van der Waals surface area contributed by atoms with Crippen LogP contribution in [0.2, 0.25) is 0 Å². The molecule has 2 nitrogen and oxygen atoms in total. The Hall–Kier alpha value is -0.370. The van der Waals surface area contributed by atoms with Gasteiger partial charge >= 0.3 is 0 Å². The van der Waals surface area contributed by atoms with Crippen molar-refractivity contribution in [2.24, 2.45) is 11.7 Å². The summed E-state index contributed by atoms with van der Waals surface area (Å²) in [6.07, 6.45) is 7.50. The van der Waals surface area contributed by atoms with Gasteiger partial charge in [-0.25, -0.2) is 0 Å². The maximum Gasteiger partial charge on any atom is 0.135 e. The molecule has 1 unspecified atom stereocenters. The molecule has 0 amide bonds. The maximum absolute atomic E-state index is 11.6. The lowest BCUT2D eigenvalue weighted by Gasteiger charge is -2.08. The zero-order chi connectivity index (χ0) is 9.68. The fourth-order valence-corrected chi connectivity index (χ4v) is 2.05. The first-order chi connectivity index (χ1) is 6.20. The monoisotopic (exact) mass is 183 g/mol. The van der Waals surface area contributed by atoms with Crippen LogP contribution in [0.3, 0.4) is 0 Å². The summed E-state index contributed by atoms with van der Waals surface area (Å²) in [4.78, 5) is 11.6. The van der Waals surface area contributed by atoms with Crippen LogP contribution in [-0.2, 0) is 4.79 Å². The average molecular weight is 183 g/mol. The van der Waals surface area contributed by atoms with E-state index in [1.54, 1.807) is 0 Å². The molecule has 0 aromatic heterocycles. The van der Waals surface area contributed by atoms with E-state index in [9.17, 15) is 4.79 Å². The Bertz CT molecular complexity index is 159. The lowest BCUT2D eigenvalue weighted by Crippen LogP contribution is -2.16. The van der Waals surface area contributed by atoms with Crippen LogP contribution >= 0.6 is 0 Å². The summed E-state index contributed by atoms with van der Waals surface area (Å²) in [7, 11) is 0. The topological polar surface area (TPSA) is 43.1 Å². The third kappa shape index (κ3) is 3.90. The zero-order valence-electron chi connectivity index (χ0n) is 8.59. The number of hydrogen-bond donors (Lipinski definition) is 1. The fourth-order valence-electron chi connectivity index (χ4n) is 2.05. The van der Waals surface area contributed by atoms with Gasteiger partial charge in [-0.15, -0.1) is 0 Å². The van der Waals surface area contributed by atoms with E-state index in [1.807, 2.05) is 6.92 Å². The molecule has 0 aromatic carbocycles. The molecule has 0 saturated heterocycles. The van der Waals surface area contributed by atoms with E-state index in [2.05, 4.69) is 0 Å². The Morgan fingerprint density at radius 2 is 2.08 bits per heavy atom. The van der Waals surface area contributed by atoms with Gasteiger partial charge in [-0.1, -0.05) is 12.8 Å². The predicted molar refractivity (Wildman–Crippen MR) is 54.5 cm³/mol. The third-order valence-corrected chi connectivity index (χ3v) is 2.89. The van der Waals surface area contributed by atoms with E-state index < -0.39 is 0 Å². The summed E-state index contributed by atoms with van der Waals surface area (Å²) in [6.45, 7) is 2.00. The molecular weight excluding hydrogens is 162 g/mol. The van der Waals surface area contributed by atoms with Crippen LogP contribution in [0.4, 0.5) is 0 Å². The van der Waals surface area contributed by atoms with Crippen LogP contribution < -0.4 is 5.73 Å². The first-order valence-corrected chi connectivity index (χ1v) is 5.48. The summed E-state index contributed by atoms with van der Waals surface area (Å²) >= 11 is 0. The number of rotatable bonds is 5. The van der Waals surface area contributed by atoms with Crippen LogP contribution in [0.25, 0.3) is 0 Å². The summed E-state index contributed by atoms with van der Waals surface area (Å²) in [5.74, 6) is 0.881. The molecule has 2 N–H and O–H groups in total. The van der Waals surface area contributed by atoms with Crippen LogP contribution in [0.5, 0.6) is 0 Å². The molecule has 0 heterocycles. The van der Waals surface area contributed by atoms with Gasteiger partial charge in [0.15, 0.2) is 0 Å². The van der Waals surface area contributed by atoms with Gasteiger partial charge in [-0.05, 0) is 32.6 Å². The first-order valence-electron chi connectivity index (χ1n) is 5.48. The average Bonchev–Trinajstić information content (AvgIpc) is 2.55. The minimum atomic E-state index is 0.247. The summed E-state index contributed by atoms with van der Waals surface area (Å²) < 4.78 is 0. The van der Waals surface area contributed by atoms with E-state index in [-0.39, 0.29) is 6.04 Å². The van der Waals surface area contributed by atoms with Crippen molar-refractivity contribution in [3.05, 3.63) is 0 Å². The number of nitrogens with two attached hydrogens (primary N) is 1. The van der Waals surface area contributed by atoms with Gasteiger partial charge in [0, 0.05) is 18.4 Å². The molecule has 0 aliphatic heterocycles. The number of carbonyl (C=O) groups is 1. The molecule has 76 valence electrons.